The van der Waals surface area contributed by atoms with Crippen molar-refractivity contribution in [3.8, 4) is 0 Å². The van der Waals surface area contributed by atoms with Crippen LogP contribution in [-0.2, 0) is 19.1 Å². The number of carbonyl (C=O) groups excluding carboxylic acids is 2. The number of nitrogens with one attached hydrogen (secondary N) is 1. The Bertz CT molecular complexity index is 1220. The van der Waals surface area contributed by atoms with E-state index in [0.717, 1.165) is 64.2 Å². The number of aliphatic hydroxyl groups is 1. The number of fused-ring (bicyclic) bond motifs is 5. The molecular weight excluding hydrogens is 614 g/mol. The summed E-state index contributed by atoms with van der Waals surface area (Å²) in [5.41, 5.74) is 0.0138. The molecule has 0 heterocycles. The fourth-order valence-corrected chi connectivity index (χ4v) is 10.6. The highest BCUT2D eigenvalue weighted by Gasteiger charge is 2.63. The predicted molar refractivity (Wildman–Crippen MR) is 195 cm³/mol. The smallest absolute Gasteiger partial charge is 0.322 e. The van der Waals surface area contributed by atoms with Crippen molar-refractivity contribution in [3.05, 3.63) is 48.6 Å². The summed E-state index contributed by atoms with van der Waals surface area (Å²) in [6.07, 6.45) is 31.4. The molecule has 0 spiro atoms. The summed E-state index contributed by atoms with van der Waals surface area (Å²) in [5, 5.41) is 23.2. The molecule has 7 heteroatoms. The second-order valence-electron chi connectivity index (χ2n) is 16.1. The maximum Gasteiger partial charge on any atom is 0.322 e. The van der Waals surface area contributed by atoms with Gasteiger partial charge in [-0.25, -0.2) is 0 Å². The summed E-state index contributed by atoms with van der Waals surface area (Å²) < 4.78 is 6.04. The molecule has 4 rings (SSSR count). The van der Waals surface area contributed by atoms with E-state index in [4.69, 9.17) is 9.84 Å². The molecule has 274 valence electrons. The highest BCUT2D eigenvalue weighted by molar-refractivity contribution is 5.81. The van der Waals surface area contributed by atoms with Crippen molar-refractivity contribution in [2.45, 2.75) is 143 Å². The van der Waals surface area contributed by atoms with E-state index in [0.29, 0.717) is 55.3 Å². The third kappa shape index (κ3) is 9.98. The van der Waals surface area contributed by atoms with E-state index in [1.165, 1.54) is 12.8 Å². The van der Waals surface area contributed by atoms with E-state index in [-0.39, 0.29) is 47.4 Å². The predicted octanol–water partition coefficient (Wildman–Crippen LogP) is 8.73. The molecule has 0 bridgehead atoms. The third-order valence-corrected chi connectivity index (χ3v) is 13.3. The number of hydrogen-bond acceptors (Lipinski definition) is 5. The van der Waals surface area contributed by atoms with Crippen molar-refractivity contribution in [1.29, 1.82) is 0 Å². The van der Waals surface area contributed by atoms with Gasteiger partial charge >= 0.3 is 11.9 Å². The number of hydrogen-bond donors (Lipinski definition) is 3. The van der Waals surface area contributed by atoms with Gasteiger partial charge in [0.15, 0.2) is 0 Å². The first-order valence-corrected chi connectivity index (χ1v) is 19.5. The fourth-order valence-electron chi connectivity index (χ4n) is 10.6. The molecule has 7 nitrogen and oxygen atoms in total. The van der Waals surface area contributed by atoms with E-state index >= 15 is 0 Å². The topological polar surface area (TPSA) is 113 Å². The van der Waals surface area contributed by atoms with Gasteiger partial charge in [0, 0.05) is 12.8 Å². The highest BCUT2D eigenvalue weighted by atomic mass is 16.5. The summed E-state index contributed by atoms with van der Waals surface area (Å²) in [7, 11) is 0. The van der Waals surface area contributed by atoms with Gasteiger partial charge in [-0.3, -0.25) is 14.4 Å². The van der Waals surface area contributed by atoms with Crippen LogP contribution >= 0.6 is 0 Å². The molecule has 4 aliphatic carbocycles. The van der Waals surface area contributed by atoms with Gasteiger partial charge in [-0.1, -0.05) is 76.3 Å². The number of allylic oxidation sites excluding steroid dienone is 8. The molecule has 0 aromatic rings. The van der Waals surface area contributed by atoms with E-state index in [1.807, 2.05) is 0 Å². The molecule has 4 fully saturated rings. The summed E-state index contributed by atoms with van der Waals surface area (Å²) in [4.78, 5) is 35.8. The van der Waals surface area contributed by atoms with Crippen LogP contribution in [0.4, 0.5) is 0 Å². The Kier molecular flexibility index (Phi) is 14.8. The van der Waals surface area contributed by atoms with E-state index in [1.54, 1.807) is 0 Å². The zero-order valence-electron chi connectivity index (χ0n) is 30.8. The van der Waals surface area contributed by atoms with Gasteiger partial charge in [0.05, 0.1) is 6.10 Å². The zero-order chi connectivity index (χ0) is 35.4. The molecule has 4 aliphatic rings. The number of rotatable bonds is 17. The van der Waals surface area contributed by atoms with Crippen molar-refractivity contribution in [1.82, 2.24) is 5.32 Å². The first-order valence-electron chi connectivity index (χ1n) is 19.5. The van der Waals surface area contributed by atoms with Crippen molar-refractivity contribution >= 4 is 17.8 Å². The largest absolute Gasteiger partial charge is 0.480 e. The molecule has 1 amide bonds. The Balaban J connectivity index is 1.21. The Morgan fingerprint density at radius 1 is 0.857 bits per heavy atom. The average molecular weight is 680 g/mol. The number of aliphatic hydroxyl groups excluding tert-OH is 1. The SMILES string of the molecule is CC/C=C\C/C=C\C/C=C\C/C=C\CCC(=O)OC1CCC2(C)C(CCC3C2CC(O)C2(C)C(C(C)CCC(=O)NCC(=O)O)CCC32)C1. The van der Waals surface area contributed by atoms with Gasteiger partial charge in [0.25, 0.3) is 0 Å². The standard InChI is InChI=1S/C42H65NO6/c1-5-6-7-8-9-10-11-12-13-14-15-16-17-18-40(48)49-32-25-26-41(3)31(27-32)20-21-33-35-23-22-34(42(35,4)37(44)28-36(33)41)30(2)19-24-38(45)43-29-39(46)47/h6-7,9-10,12-13,15-16,30-37,44H,5,8,11,14,17-29H2,1-4H3,(H,43,45)(H,46,47)/b7-6-,10-9-,13-12-,16-15-. The van der Waals surface area contributed by atoms with Gasteiger partial charge in [-0.2, -0.15) is 0 Å². The van der Waals surface area contributed by atoms with Crippen molar-refractivity contribution < 1.29 is 29.3 Å². The van der Waals surface area contributed by atoms with Crippen molar-refractivity contribution in [3.63, 3.8) is 0 Å². The average Bonchev–Trinajstić information content (AvgIpc) is 3.44. The normalized spacial score (nSPS) is 35.0. The van der Waals surface area contributed by atoms with Gasteiger partial charge < -0.3 is 20.3 Å². The lowest BCUT2D eigenvalue weighted by Crippen LogP contribution is -2.59. The van der Waals surface area contributed by atoms with E-state index in [9.17, 15) is 19.5 Å². The first kappa shape index (κ1) is 39.1. The van der Waals surface area contributed by atoms with E-state index < -0.39 is 5.97 Å². The van der Waals surface area contributed by atoms with Crippen LogP contribution in [0, 0.1) is 46.3 Å². The quantitative estimate of drug-likeness (QED) is 0.105. The summed E-state index contributed by atoms with van der Waals surface area (Å²) in [5.74, 6) is 1.43. The van der Waals surface area contributed by atoms with Crippen LogP contribution in [0.3, 0.4) is 0 Å². The molecule has 0 aromatic heterocycles. The van der Waals surface area contributed by atoms with Crippen molar-refractivity contribution in [2.24, 2.45) is 46.3 Å². The molecular formula is C42H65NO6. The Labute approximate surface area is 296 Å². The molecule has 10 atom stereocenters. The number of ether oxygens (including phenoxy) is 1. The maximum absolute atomic E-state index is 12.8. The molecule has 0 aliphatic heterocycles. The number of esters is 1. The Hall–Kier alpha value is -2.67. The number of amides is 1. The lowest BCUT2D eigenvalue weighted by molar-refractivity contribution is -0.181. The second-order valence-corrected chi connectivity index (χ2v) is 16.1. The minimum absolute atomic E-state index is 0.00254. The minimum atomic E-state index is -1.03. The van der Waals surface area contributed by atoms with Gasteiger partial charge in [-0.05, 0) is 136 Å². The Morgan fingerprint density at radius 2 is 1.53 bits per heavy atom. The van der Waals surface area contributed by atoms with Gasteiger partial charge in [0.1, 0.15) is 12.6 Å². The summed E-state index contributed by atoms with van der Waals surface area (Å²) in [6.45, 7) is 8.81. The van der Waals surface area contributed by atoms with Crippen LogP contribution in [0.1, 0.15) is 130 Å². The first-order chi connectivity index (χ1) is 23.5. The maximum atomic E-state index is 12.8. The lowest BCUT2D eigenvalue weighted by Gasteiger charge is -2.62. The van der Waals surface area contributed by atoms with Crippen LogP contribution in [0.15, 0.2) is 48.6 Å². The summed E-state index contributed by atoms with van der Waals surface area (Å²) >= 11 is 0. The number of carbonyl (C=O) groups is 3. The lowest BCUT2D eigenvalue weighted by atomic mass is 9.43. The van der Waals surface area contributed by atoms with Crippen LogP contribution in [0.5, 0.6) is 0 Å². The summed E-state index contributed by atoms with van der Waals surface area (Å²) in [6, 6.07) is 0. The van der Waals surface area contributed by atoms with Crippen LogP contribution in [0.25, 0.3) is 0 Å². The van der Waals surface area contributed by atoms with Gasteiger partial charge in [0.2, 0.25) is 5.91 Å². The molecule has 0 saturated heterocycles. The second kappa shape index (κ2) is 18.5. The molecule has 4 saturated carbocycles. The van der Waals surface area contributed by atoms with Crippen LogP contribution < -0.4 is 5.32 Å². The minimum Gasteiger partial charge on any atom is -0.480 e. The number of carboxylic acid groups (broad SMARTS) is 1. The fraction of sp³-hybridized carbons (Fsp3) is 0.738. The third-order valence-electron chi connectivity index (χ3n) is 13.3. The Morgan fingerprint density at radius 3 is 2.20 bits per heavy atom. The molecule has 10 unspecified atom stereocenters. The zero-order valence-corrected chi connectivity index (χ0v) is 30.8. The van der Waals surface area contributed by atoms with Crippen LogP contribution in [0.2, 0.25) is 0 Å². The molecule has 49 heavy (non-hydrogen) atoms. The number of carboxylic acids is 1. The number of aliphatic carboxylic acids is 1. The van der Waals surface area contributed by atoms with Crippen LogP contribution in [-0.4, -0.2) is 46.8 Å². The highest BCUT2D eigenvalue weighted by Crippen LogP contribution is 2.68. The monoisotopic (exact) mass is 679 g/mol. The van der Waals surface area contributed by atoms with Gasteiger partial charge in [-0.15, -0.1) is 0 Å². The van der Waals surface area contributed by atoms with E-state index in [2.05, 4.69) is 81.6 Å². The van der Waals surface area contributed by atoms with Crippen molar-refractivity contribution in [2.75, 3.05) is 6.54 Å². The molecule has 0 aromatic carbocycles. The molecule has 3 N–H and O–H groups in total. The molecule has 0 radical (unpaired) electrons.